The lowest BCUT2D eigenvalue weighted by atomic mass is 9.94. The van der Waals surface area contributed by atoms with Crippen molar-refractivity contribution in [2.45, 2.75) is 31.9 Å². The zero-order chi connectivity index (χ0) is 25.3. The second-order valence-electron chi connectivity index (χ2n) is 9.22. The number of benzene rings is 2. The fourth-order valence-corrected chi connectivity index (χ4v) is 4.76. The van der Waals surface area contributed by atoms with E-state index in [-0.39, 0.29) is 17.4 Å². The second-order valence-corrected chi connectivity index (χ2v) is 9.22. The molecule has 186 valence electrons. The molecular weight excluding hydrogens is 448 g/mol. The Hall–Kier alpha value is -3.52. The van der Waals surface area contributed by atoms with E-state index in [0.717, 1.165) is 17.9 Å². The van der Waals surface area contributed by atoms with Gasteiger partial charge in [0, 0.05) is 18.5 Å². The van der Waals surface area contributed by atoms with Crippen molar-refractivity contribution in [2.24, 2.45) is 0 Å². The molecule has 0 spiro atoms. The molecule has 35 heavy (non-hydrogen) atoms. The zero-order valence-electron chi connectivity index (χ0n) is 20.8. The van der Waals surface area contributed by atoms with E-state index in [1.165, 1.54) is 12.0 Å². The number of aliphatic hydroxyl groups excluding tert-OH is 1. The average Bonchev–Trinajstić information content (AvgIpc) is 3.33. The van der Waals surface area contributed by atoms with Crippen LogP contribution in [0.2, 0.25) is 0 Å². The van der Waals surface area contributed by atoms with Gasteiger partial charge in [-0.15, -0.1) is 0 Å². The minimum atomic E-state index is -0.750. The topological polar surface area (TPSA) is 88.5 Å². The number of methoxy groups -OCH3 is 2. The maximum atomic E-state index is 13.3. The number of hydrogen-bond donors (Lipinski definition) is 1. The molecule has 2 heterocycles. The van der Waals surface area contributed by atoms with Gasteiger partial charge in [0.05, 0.1) is 25.8 Å². The van der Waals surface area contributed by atoms with Crippen LogP contribution in [-0.4, -0.2) is 74.1 Å². The first kappa shape index (κ1) is 24.6. The van der Waals surface area contributed by atoms with Crippen LogP contribution in [0.25, 0.3) is 5.76 Å². The van der Waals surface area contributed by atoms with E-state index >= 15 is 0 Å². The second kappa shape index (κ2) is 10.00. The molecule has 0 aromatic heterocycles. The van der Waals surface area contributed by atoms with Crippen LogP contribution in [0.4, 0.5) is 0 Å². The van der Waals surface area contributed by atoms with Gasteiger partial charge in [0.15, 0.2) is 11.5 Å². The maximum Gasteiger partial charge on any atom is 0.295 e. The van der Waals surface area contributed by atoms with Gasteiger partial charge < -0.3 is 29.1 Å². The van der Waals surface area contributed by atoms with Crippen LogP contribution in [0.15, 0.2) is 42.0 Å². The molecule has 2 aromatic rings. The molecule has 4 rings (SSSR count). The largest absolute Gasteiger partial charge is 0.507 e. The highest BCUT2D eigenvalue weighted by Gasteiger charge is 2.46. The number of carbonyl (C=O) groups excluding carboxylic acids is 2. The summed E-state index contributed by atoms with van der Waals surface area (Å²) in [7, 11) is 6.99. The van der Waals surface area contributed by atoms with Crippen molar-refractivity contribution < 1.29 is 28.9 Å². The molecule has 2 atom stereocenters. The molecule has 0 bridgehead atoms. The van der Waals surface area contributed by atoms with E-state index in [1.54, 1.807) is 37.4 Å². The molecule has 0 saturated carbocycles. The van der Waals surface area contributed by atoms with Crippen LogP contribution in [0.1, 0.15) is 36.1 Å². The number of likely N-dealkylation sites (tertiary alicyclic amines) is 1. The van der Waals surface area contributed by atoms with Crippen LogP contribution in [0.3, 0.4) is 0 Å². The van der Waals surface area contributed by atoms with Gasteiger partial charge in [-0.2, -0.15) is 0 Å². The number of carbonyl (C=O) groups is 2. The SMILES string of the molecule is COc1ccc(C2/C(=C(/O)c3ccc4c(c3)CC(C)O4)C(=O)C(=O)N2CCCN(C)C)cc1OC. The third-order valence-electron chi connectivity index (χ3n) is 6.44. The first-order chi connectivity index (χ1) is 16.7. The number of nitrogens with zero attached hydrogens (tertiary/aromatic N) is 2. The molecule has 8 nitrogen and oxygen atoms in total. The minimum Gasteiger partial charge on any atom is -0.507 e. The summed E-state index contributed by atoms with van der Waals surface area (Å²) in [5.74, 6) is 0.275. The molecule has 2 unspecified atom stereocenters. The van der Waals surface area contributed by atoms with Gasteiger partial charge in [0.2, 0.25) is 0 Å². The lowest BCUT2D eigenvalue weighted by molar-refractivity contribution is -0.139. The molecule has 8 heteroatoms. The molecule has 2 aliphatic heterocycles. The van der Waals surface area contributed by atoms with Crippen LogP contribution in [0.5, 0.6) is 17.2 Å². The highest BCUT2D eigenvalue weighted by atomic mass is 16.5. The lowest BCUT2D eigenvalue weighted by Gasteiger charge is -2.26. The van der Waals surface area contributed by atoms with E-state index in [0.29, 0.717) is 42.0 Å². The smallest absolute Gasteiger partial charge is 0.295 e. The first-order valence-electron chi connectivity index (χ1n) is 11.7. The summed E-state index contributed by atoms with van der Waals surface area (Å²) in [6.07, 6.45) is 1.45. The van der Waals surface area contributed by atoms with Crippen molar-refractivity contribution >= 4 is 17.4 Å². The average molecular weight is 481 g/mol. The number of hydrogen-bond acceptors (Lipinski definition) is 7. The summed E-state index contributed by atoms with van der Waals surface area (Å²) >= 11 is 0. The Morgan fingerprint density at radius 2 is 1.86 bits per heavy atom. The first-order valence-corrected chi connectivity index (χ1v) is 11.7. The number of rotatable bonds is 8. The van der Waals surface area contributed by atoms with Crippen LogP contribution >= 0.6 is 0 Å². The van der Waals surface area contributed by atoms with E-state index < -0.39 is 17.7 Å². The van der Waals surface area contributed by atoms with E-state index in [2.05, 4.69) is 0 Å². The summed E-state index contributed by atoms with van der Waals surface area (Å²) in [6.45, 7) is 3.11. The van der Waals surface area contributed by atoms with Crippen molar-refractivity contribution in [1.82, 2.24) is 9.80 Å². The Balaban J connectivity index is 1.81. The molecule has 2 aromatic carbocycles. The molecule has 2 aliphatic rings. The fourth-order valence-electron chi connectivity index (χ4n) is 4.76. The van der Waals surface area contributed by atoms with Gasteiger partial charge in [0.25, 0.3) is 11.7 Å². The quantitative estimate of drug-likeness (QED) is 0.352. The predicted molar refractivity (Wildman–Crippen MR) is 132 cm³/mol. The summed E-state index contributed by atoms with van der Waals surface area (Å²) in [5, 5.41) is 11.4. The number of aliphatic hydroxyl groups is 1. The van der Waals surface area contributed by atoms with E-state index in [1.807, 2.05) is 32.0 Å². The monoisotopic (exact) mass is 480 g/mol. The summed E-state index contributed by atoms with van der Waals surface area (Å²) in [5.41, 5.74) is 2.17. The molecule has 1 saturated heterocycles. The predicted octanol–water partition coefficient (Wildman–Crippen LogP) is 3.40. The third kappa shape index (κ3) is 4.71. The number of amides is 1. The Kier molecular flexibility index (Phi) is 7.03. The number of Topliss-reactive ketones (excluding diaryl/α,β-unsaturated/α-hetero) is 1. The normalized spacial score (nSPS) is 20.8. The molecule has 1 fully saturated rings. The fraction of sp³-hybridized carbons (Fsp3) is 0.407. The van der Waals surface area contributed by atoms with E-state index in [9.17, 15) is 14.7 Å². The van der Waals surface area contributed by atoms with Gasteiger partial charge >= 0.3 is 0 Å². The Morgan fingerprint density at radius 3 is 2.54 bits per heavy atom. The van der Waals surface area contributed by atoms with Crippen molar-refractivity contribution in [3.8, 4) is 17.2 Å². The summed E-state index contributed by atoms with van der Waals surface area (Å²) in [6, 6.07) is 9.88. The molecular formula is C27H32N2O6. The van der Waals surface area contributed by atoms with Gasteiger partial charge in [-0.1, -0.05) is 6.07 Å². The number of ether oxygens (including phenoxy) is 3. The van der Waals surface area contributed by atoms with Gasteiger partial charge in [0.1, 0.15) is 17.6 Å². The van der Waals surface area contributed by atoms with Gasteiger partial charge in [-0.05, 0) is 75.4 Å². The summed E-state index contributed by atoms with van der Waals surface area (Å²) < 4.78 is 16.6. The lowest BCUT2D eigenvalue weighted by Crippen LogP contribution is -2.32. The van der Waals surface area contributed by atoms with Crippen molar-refractivity contribution in [3.63, 3.8) is 0 Å². The summed E-state index contributed by atoms with van der Waals surface area (Å²) in [4.78, 5) is 30.0. The number of fused-ring (bicyclic) bond motifs is 1. The van der Waals surface area contributed by atoms with Crippen molar-refractivity contribution in [3.05, 3.63) is 58.7 Å². The molecule has 0 radical (unpaired) electrons. The molecule has 0 aliphatic carbocycles. The zero-order valence-corrected chi connectivity index (χ0v) is 20.8. The van der Waals surface area contributed by atoms with Gasteiger partial charge in [-0.25, -0.2) is 0 Å². The van der Waals surface area contributed by atoms with Crippen molar-refractivity contribution in [2.75, 3.05) is 41.4 Å². The third-order valence-corrected chi connectivity index (χ3v) is 6.44. The Bertz CT molecular complexity index is 1170. The van der Waals surface area contributed by atoms with Crippen LogP contribution in [0, 0.1) is 0 Å². The minimum absolute atomic E-state index is 0.0523. The Labute approximate surface area is 205 Å². The number of ketones is 1. The van der Waals surface area contributed by atoms with Gasteiger partial charge in [-0.3, -0.25) is 9.59 Å². The maximum absolute atomic E-state index is 13.3. The molecule has 1 amide bonds. The van der Waals surface area contributed by atoms with E-state index in [4.69, 9.17) is 14.2 Å². The van der Waals surface area contributed by atoms with Crippen molar-refractivity contribution in [1.29, 1.82) is 0 Å². The Morgan fingerprint density at radius 1 is 1.11 bits per heavy atom. The highest BCUT2D eigenvalue weighted by molar-refractivity contribution is 6.46. The highest BCUT2D eigenvalue weighted by Crippen LogP contribution is 2.42. The standard InChI is InChI=1S/C27H32N2O6/c1-16-13-19-14-18(8-9-20(19)35-16)25(30)23-24(17-7-10-21(33-4)22(15-17)34-5)29(27(32)26(23)31)12-6-11-28(2)3/h7-10,14-16,24,30H,6,11-13H2,1-5H3/b25-23-. The van der Waals surface area contributed by atoms with Crippen LogP contribution in [-0.2, 0) is 16.0 Å². The van der Waals surface area contributed by atoms with Crippen LogP contribution < -0.4 is 14.2 Å². The molecule has 1 N–H and O–H groups in total.